The number of thiophene rings is 1. The predicted molar refractivity (Wildman–Crippen MR) is 103 cm³/mol. The minimum atomic E-state index is -0.00895. The lowest BCUT2D eigenvalue weighted by Crippen LogP contribution is -2.43. The van der Waals surface area contributed by atoms with Gasteiger partial charge in [0.1, 0.15) is 6.54 Å². The lowest BCUT2D eigenvalue weighted by Gasteiger charge is -2.30. The van der Waals surface area contributed by atoms with Crippen LogP contribution in [0.5, 0.6) is 0 Å². The van der Waals surface area contributed by atoms with E-state index < -0.39 is 0 Å². The lowest BCUT2D eigenvalue weighted by atomic mass is 10.1. The molecule has 0 saturated heterocycles. The third-order valence-corrected chi connectivity index (χ3v) is 4.56. The largest absolute Gasteiger partial charge is 0.357 e. The van der Waals surface area contributed by atoms with Gasteiger partial charge >= 0.3 is 0 Å². The number of likely N-dealkylation sites (N-methyl/N-ethyl adjacent to an activating group) is 2. The molecule has 2 N–H and O–H groups in total. The SMILES string of the molecule is CCNC(=NCC(=O)N(C)C)NCC(c1ccsc1)N(CC)CC. The van der Waals surface area contributed by atoms with Gasteiger partial charge in [-0.2, -0.15) is 11.3 Å². The molecule has 136 valence electrons. The first-order valence-corrected chi connectivity index (χ1v) is 9.46. The Morgan fingerprint density at radius 1 is 1.25 bits per heavy atom. The Hall–Kier alpha value is -1.60. The normalized spacial score (nSPS) is 13.0. The minimum absolute atomic E-state index is 0.00895. The average molecular weight is 354 g/mol. The Bertz CT molecular complexity index is 497. The maximum Gasteiger partial charge on any atom is 0.243 e. The second-order valence-electron chi connectivity index (χ2n) is 5.66. The van der Waals surface area contributed by atoms with Crippen LogP contribution in [0.2, 0.25) is 0 Å². The third-order valence-electron chi connectivity index (χ3n) is 3.86. The van der Waals surface area contributed by atoms with Crippen molar-refractivity contribution in [2.24, 2.45) is 4.99 Å². The summed E-state index contributed by atoms with van der Waals surface area (Å²) in [6.07, 6.45) is 0. The molecule has 0 aliphatic carbocycles. The molecule has 1 amide bonds. The molecule has 1 unspecified atom stereocenters. The van der Waals surface area contributed by atoms with Gasteiger partial charge < -0.3 is 15.5 Å². The van der Waals surface area contributed by atoms with E-state index in [0.29, 0.717) is 12.0 Å². The van der Waals surface area contributed by atoms with E-state index in [0.717, 1.165) is 26.2 Å². The second-order valence-corrected chi connectivity index (χ2v) is 6.44. The van der Waals surface area contributed by atoms with Crippen molar-refractivity contribution in [3.63, 3.8) is 0 Å². The quantitative estimate of drug-likeness (QED) is 0.525. The van der Waals surface area contributed by atoms with Crippen LogP contribution in [-0.2, 0) is 4.79 Å². The molecule has 0 saturated carbocycles. The minimum Gasteiger partial charge on any atom is -0.357 e. The number of carbonyl (C=O) groups is 1. The van der Waals surface area contributed by atoms with Crippen molar-refractivity contribution >= 4 is 23.2 Å². The Balaban J connectivity index is 2.77. The monoisotopic (exact) mass is 353 g/mol. The second kappa shape index (κ2) is 11.0. The van der Waals surface area contributed by atoms with Crippen LogP contribution in [-0.4, -0.2) is 68.5 Å². The molecule has 0 radical (unpaired) electrons. The van der Waals surface area contributed by atoms with E-state index in [1.807, 2.05) is 6.92 Å². The Morgan fingerprint density at radius 2 is 1.96 bits per heavy atom. The van der Waals surface area contributed by atoms with Crippen LogP contribution in [0.25, 0.3) is 0 Å². The molecule has 1 rings (SSSR count). The van der Waals surface area contributed by atoms with Gasteiger partial charge in [0, 0.05) is 27.2 Å². The topological polar surface area (TPSA) is 60.0 Å². The lowest BCUT2D eigenvalue weighted by molar-refractivity contribution is -0.127. The van der Waals surface area contributed by atoms with Crippen molar-refractivity contribution in [1.82, 2.24) is 20.4 Å². The number of hydrogen-bond donors (Lipinski definition) is 2. The van der Waals surface area contributed by atoms with Gasteiger partial charge in [-0.1, -0.05) is 13.8 Å². The van der Waals surface area contributed by atoms with E-state index in [1.54, 1.807) is 30.3 Å². The predicted octanol–water partition coefficient (Wildman–Crippen LogP) is 1.77. The first-order valence-electron chi connectivity index (χ1n) is 8.51. The third kappa shape index (κ3) is 6.49. The Kier molecular flexibility index (Phi) is 9.41. The standard InChI is InChI=1S/C17H31N5OS/c1-6-18-17(20-12-16(23)21(4)5)19-11-15(22(7-2)8-3)14-9-10-24-13-14/h9-10,13,15H,6-8,11-12H2,1-5H3,(H2,18,19,20). The number of nitrogens with one attached hydrogen (secondary N) is 2. The van der Waals surface area contributed by atoms with Gasteiger partial charge in [-0.15, -0.1) is 0 Å². The first-order chi connectivity index (χ1) is 11.5. The summed E-state index contributed by atoms with van der Waals surface area (Å²) in [5, 5.41) is 10.9. The first kappa shape index (κ1) is 20.4. The van der Waals surface area contributed by atoms with E-state index in [9.17, 15) is 4.79 Å². The van der Waals surface area contributed by atoms with Crippen LogP contribution in [0.4, 0.5) is 0 Å². The summed E-state index contributed by atoms with van der Waals surface area (Å²) in [5.41, 5.74) is 1.32. The smallest absolute Gasteiger partial charge is 0.243 e. The number of aliphatic imine (C=N–C) groups is 1. The fourth-order valence-corrected chi connectivity index (χ4v) is 3.12. The molecule has 1 atom stereocenters. The Morgan fingerprint density at radius 3 is 2.46 bits per heavy atom. The summed E-state index contributed by atoms with van der Waals surface area (Å²) in [6, 6.07) is 2.47. The van der Waals surface area contributed by atoms with Crippen LogP contribution in [0.3, 0.4) is 0 Å². The highest BCUT2D eigenvalue weighted by Gasteiger charge is 2.18. The zero-order valence-corrected chi connectivity index (χ0v) is 16.3. The molecule has 0 fully saturated rings. The average Bonchev–Trinajstić information content (AvgIpc) is 3.09. The van der Waals surface area contributed by atoms with Crippen molar-refractivity contribution in [2.45, 2.75) is 26.8 Å². The molecular formula is C17H31N5OS. The van der Waals surface area contributed by atoms with Crippen molar-refractivity contribution in [3.8, 4) is 0 Å². The van der Waals surface area contributed by atoms with Crippen molar-refractivity contribution in [3.05, 3.63) is 22.4 Å². The summed E-state index contributed by atoms with van der Waals surface area (Å²) in [4.78, 5) is 20.1. The summed E-state index contributed by atoms with van der Waals surface area (Å²) in [5.74, 6) is 0.672. The molecule has 1 aromatic heterocycles. The number of rotatable bonds is 9. The highest BCUT2D eigenvalue weighted by atomic mass is 32.1. The number of hydrogen-bond acceptors (Lipinski definition) is 4. The Labute approximate surface area is 149 Å². The van der Waals surface area contributed by atoms with E-state index >= 15 is 0 Å². The number of guanidine groups is 1. The van der Waals surface area contributed by atoms with Gasteiger partial charge in [0.05, 0.1) is 6.04 Å². The molecule has 0 aliphatic rings. The summed E-state index contributed by atoms with van der Waals surface area (Å²) >= 11 is 1.72. The number of nitrogens with zero attached hydrogens (tertiary/aromatic N) is 3. The summed E-state index contributed by atoms with van der Waals surface area (Å²) in [7, 11) is 3.48. The maximum atomic E-state index is 11.7. The molecule has 7 heteroatoms. The van der Waals surface area contributed by atoms with Gasteiger partial charge in [-0.3, -0.25) is 9.69 Å². The highest BCUT2D eigenvalue weighted by molar-refractivity contribution is 7.07. The molecule has 0 spiro atoms. The number of carbonyl (C=O) groups excluding carboxylic acids is 1. The molecular weight excluding hydrogens is 322 g/mol. The molecule has 6 nitrogen and oxygen atoms in total. The van der Waals surface area contributed by atoms with E-state index in [4.69, 9.17) is 0 Å². The number of amides is 1. The molecule has 0 aromatic carbocycles. The van der Waals surface area contributed by atoms with E-state index in [1.165, 1.54) is 5.56 Å². The molecule has 1 aromatic rings. The van der Waals surface area contributed by atoms with Crippen LogP contribution in [0.15, 0.2) is 21.8 Å². The fourth-order valence-electron chi connectivity index (χ4n) is 2.41. The van der Waals surface area contributed by atoms with Gasteiger partial charge in [-0.25, -0.2) is 4.99 Å². The summed E-state index contributed by atoms with van der Waals surface area (Å²) < 4.78 is 0. The van der Waals surface area contributed by atoms with Crippen molar-refractivity contribution in [1.29, 1.82) is 0 Å². The molecule has 24 heavy (non-hydrogen) atoms. The van der Waals surface area contributed by atoms with Crippen LogP contribution < -0.4 is 10.6 Å². The highest BCUT2D eigenvalue weighted by Crippen LogP contribution is 2.22. The van der Waals surface area contributed by atoms with Gasteiger partial charge in [0.15, 0.2) is 5.96 Å². The van der Waals surface area contributed by atoms with Crippen LogP contribution >= 0.6 is 11.3 Å². The molecule has 1 heterocycles. The van der Waals surface area contributed by atoms with E-state index in [2.05, 4.69) is 51.2 Å². The van der Waals surface area contributed by atoms with Crippen LogP contribution in [0, 0.1) is 0 Å². The molecule has 0 aliphatic heterocycles. The maximum absolute atomic E-state index is 11.7. The summed E-state index contributed by atoms with van der Waals surface area (Å²) in [6.45, 7) is 10.0. The van der Waals surface area contributed by atoms with Gasteiger partial charge in [0.25, 0.3) is 0 Å². The zero-order valence-electron chi connectivity index (χ0n) is 15.5. The van der Waals surface area contributed by atoms with Crippen molar-refractivity contribution in [2.75, 3.05) is 46.8 Å². The zero-order chi connectivity index (χ0) is 17.9. The van der Waals surface area contributed by atoms with Crippen LogP contribution in [0.1, 0.15) is 32.4 Å². The van der Waals surface area contributed by atoms with Gasteiger partial charge in [-0.05, 0) is 42.4 Å². The van der Waals surface area contributed by atoms with Crippen molar-refractivity contribution < 1.29 is 4.79 Å². The van der Waals surface area contributed by atoms with Gasteiger partial charge in [0.2, 0.25) is 5.91 Å². The molecule has 0 bridgehead atoms. The van der Waals surface area contributed by atoms with E-state index in [-0.39, 0.29) is 12.5 Å². The fraction of sp³-hybridized carbons (Fsp3) is 0.647.